The first-order valence-electron chi connectivity index (χ1n) is 6.22. The van der Waals surface area contributed by atoms with E-state index in [0.29, 0.717) is 0 Å². The first-order chi connectivity index (χ1) is 9.29. The molecule has 0 spiro atoms. The number of hydrogen-bond acceptors (Lipinski definition) is 4. The second-order valence-electron chi connectivity index (χ2n) is 4.67. The van der Waals surface area contributed by atoms with E-state index in [-0.39, 0.29) is 0 Å². The van der Waals surface area contributed by atoms with Gasteiger partial charge in [-0.15, -0.1) is 11.3 Å². The van der Waals surface area contributed by atoms with Crippen molar-refractivity contribution >= 4 is 27.2 Å². The fraction of sp³-hybridized carbons (Fsp3) is 0.133. The van der Waals surface area contributed by atoms with Crippen LogP contribution >= 0.6 is 11.3 Å². The van der Waals surface area contributed by atoms with Crippen molar-refractivity contribution in [3.05, 3.63) is 42.0 Å². The number of fused-ring (bicyclic) bond motifs is 2. The number of nitrogens with zero attached hydrogens (tertiary/aromatic N) is 1. The molecule has 0 saturated heterocycles. The maximum atomic E-state index is 5.81. The highest BCUT2D eigenvalue weighted by atomic mass is 32.1. The topological polar surface area (TPSA) is 48.1 Å². The van der Waals surface area contributed by atoms with Crippen LogP contribution < -0.4 is 10.5 Å². The summed E-state index contributed by atoms with van der Waals surface area (Å²) in [6.07, 6.45) is 0.987. The highest BCUT2D eigenvalue weighted by Gasteiger charge is 2.14. The molecule has 3 nitrogen and oxygen atoms in total. The number of anilines is 1. The predicted octanol–water partition coefficient (Wildman–Crippen LogP) is 3.48. The Morgan fingerprint density at radius 2 is 2.11 bits per heavy atom. The van der Waals surface area contributed by atoms with Crippen LogP contribution in [-0.2, 0) is 6.42 Å². The summed E-state index contributed by atoms with van der Waals surface area (Å²) >= 11 is 1.68. The number of thiazole rings is 1. The molecule has 3 aromatic rings. The van der Waals surface area contributed by atoms with Gasteiger partial charge in [0.25, 0.3) is 0 Å². The third-order valence-electron chi connectivity index (χ3n) is 3.35. The van der Waals surface area contributed by atoms with Crippen molar-refractivity contribution < 1.29 is 4.74 Å². The minimum atomic E-state index is 0.782. The predicted molar refractivity (Wildman–Crippen MR) is 78.7 cm³/mol. The van der Waals surface area contributed by atoms with Crippen LogP contribution in [-0.4, -0.2) is 11.6 Å². The lowest BCUT2D eigenvalue weighted by Gasteiger charge is -2.00. The molecule has 19 heavy (non-hydrogen) atoms. The molecule has 2 heterocycles. The number of hydrogen-bond donors (Lipinski definition) is 1. The Labute approximate surface area is 114 Å². The van der Waals surface area contributed by atoms with Crippen LogP contribution in [0.4, 0.5) is 5.69 Å². The normalized spacial score (nSPS) is 13.5. The molecule has 2 aromatic carbocycles. The van der Waals surface area contributed by atoms with E-state index in [9.17, 15) is 0 Å². The van der Waals surface area contributed by atoms with Crippen LogP contribution in [0.1, 0.15) is 5.56 Å². The average Bonchev–Trinajstić information content (AvgIpc) is 3.02. The summed E-state index contributed by atoms with van der Waals surface area (Å²) in [5.74, 6) is 1.01. The van der Waals surface area contributed by atoms with Gasteiger partial charge in [0, 0.05) is 17.7 Å². The van der Waals surface area contributed by atoms with E-state index in [1.54, 1.807) is 11.3 Å². The maximum absolute atomic E-state index is 5.81. The van der Waals surface area contributed by atoms with Crippen LogP contribution in [0, 0.1) is 0 Å². The van der Waals surface area contributed by atoms with Gasteiger partial charge in [-0.25, -0.2) is 4.98 Å². The fourth-order valence-electron chi connectivity index (χ4n) is 2.38. The Kier molecular flexibility index (Phi) is 2.26. The van der Waals surface area contributed by atoms with Crippen molar-refractivity contribution in [3.63, 3.8) is 0 Å². The van der Waals surface area contributed by atoms with Gasteiger partial charge < -0.3 is 10.5 Å². The average molecular weight is 268 g/mol. The minimum absolute atomic E-state index is 0.782. The van der Waals surface area contributed by atoms with Crippen LogP contribution in [0.25, 0.3) is 20.8 Å². The summed E-state index contributed by atoms with van der Waals surface area (Å²) in [6.45, 7) is 0.787. The van der Waals surface area contributed by atoms with Gasteiger partial charge in [0.2, 0.25) is 0 Å². The Balaban J connectivity index is 1.85. The molecule has 0 amide bonds. The van der Waals surface area contributed by atoms with Crippen LogP contribution in [0.15, 0.2) is 36.4 Å². The molecule has 4 rings (SSSR count). The van der Waals surface area contributed by atoms with Crippen LogP contribution in [0.2, 0.25) is 0 Å². The number of aromatic nitrogens is 1. The van der Waals surface area contributed by atoms with Gasteiger partial charge in [-0.3, -0.25) is 0 Å². The third-order valence-corrected chi connectivity index (χ3v) is 4.42. The van der Waals surface area contributed by atoms with Gasteiger partial charge in [0.05, 0.1) is 16.8 Å². The van der Waals surface area contributed by atoms with E-state index in [1.165, 1.54) is 5.56 Å². The number of nitrogens with two attached hydrogens (primary N) is 1. The highest BCUT2D eigenvalue weighted by Crippen LogP contribution is 2.34. The molecule has 0 radical (unpaired) electrons. The van der Waals surface area contributed by atoms with Gasteiger partial charge in [-0.2, -0.15) is 0 Å². The van der Waals surface area contributed by atoms with Gasteiger partial charge in [0.15, 0.2) is 0 Å². The summed E-state index contributed by atoms with van der Waals surface area (Å²) in [5, 5.41) is 1.04. The van der Waals surface area contributed by atoms with Crippen molar-refractivity contribution in [2.75, 3.05) is 12.3 Å². The molecule has 94 valence electrons. The van der Waals surface area contributed by atoms with Gasteiger partial charge in [0.1, 0.15) is 10.8 Å². The second-order valence-corrected chi connectivity index (χ2v) is 5.70. The zero-order valence-corrected chi connectivity index (χ0v) is 11.0. The van der Waals surface area contributed by atoms with Gasteiger partial charge in [-0.05, 0) is 42.0 Å². The van der Waals surface area contributed by atoms with E-state index in [4.69, 9.17) is 10.5 Å². The SMILES string of the molecule is Nc1ccc2nc(-c3ccc4c(c3)CCO4)sc2c1. The van der Waals surface area contributed by atoms with Crippen molar-refractivity contribution in [3.8, 4) is 16.3 Å². The number of rotatable bonds is 1. The largest absolute Gasteiger partial charge is 0.493 e. The lowest BCUT2D eigenvalue weighted by molar-refractivity contribution is 0.357. The van der Waals surface area contributed by atoms with E-state index < -0.39 is 0 Å². The van der Waals surface area contributed by atoms with Crippen LogP contribution in [0.5, 0.6) is 5.75 Å². The van der Waals surface area contributed by atoms with Gasteiger partial charge >= 0.3 is 0 Å². The molecule has 1 aliphatic rings. The fourth-order valence-corrected chi connectivity index (χ4v) is 3.39. The minimum Gasteiger partial charge on any atom is -0.493 e. The van der Waals surface area contributed by atoms with Crippen molar-refractivity contribution in [1.82, 2.24) is 4.98 Å². The molecule has 1 aromatic heterocycles. The molecule has 0 saturated carbocycles. The molecule has 0 fully saturated rings. The van der Waals surface area contributed by atoms with E-state index in [1.807, 2.05) is 24.3 Å². The number of ether oxygens (including phenoxy) is 1. The molecule has 0 aliphatic carbocycles. The molecule has 4 heteroatoms. The lowest BCUT2D eigenvalue weighted by Crippen LogP contribution is -1.85. The Morgan fingerprint density at radius 1 is 1.16 bits per heavy atom. The van der Waals surface area contributed by atoms with E-state index in [0.717, 1.165) is 45.3 Å². The molecule has 2 N–H and O–H groups in total. The summed E-state index contributed by atoms with van der Waals surface area (Å²) in [6, 6.07) is 12.1. The number of benzene rings is 2. The number of nitrogen functional groups attached to an aromatic ring is 1. The summed E-state index contributed by atoms with van der Waals surface area (Å²) in [4.78, 5) is 4.67. The van der Waals surface area contributed by atoms with Crippen molar-refractivity contribution in [2.45, 2.75) is 6.42 Å². The highest BCUT2D eigenvalue weighted by molar-refractivity contribution is 7.21. The van der Waals surface area contributed by atoms with E-state index >= 15 is 0 Å². The first kappa shape index (κ1) is 10.8. The maximum Gasteiger partial charge on any atom is 0.124 e. The standard InChI is InChI=1S/C15H12N2OS/c16-11-2-3-12-14(8-11)19-15(17-12)10-1-4-13-9(7-10)5-6-18-13/h1-4,7-8H,5-6,16H2. The quantitative estimate of drug-likeness (QED) is 0.687. The smallest absolute Gasteiger partial charge is 0.124 e. The monoisotopic (exact) mass is 268 g/mol. The molecular weight excluding hydrogens is 256 g/mol. The zero-order chi connectivity index (χ0) is 12.8. The zero-order valence-electron chi connectivity index (χ0n) is 10.2. The Hall–Kier alpha value is -2.07. The third kappa shape index (κ3) is 1.76. The van der Waals surface area contributed by atoms with Crippen molar-refractivity contribution in [2.24, 2.45) is 0 Å². The van der Waals surface area contributed by atoms with Gasteiger partial charge in [-0.1, -0.05) is 0 Å². The first-order valence-corrected chi connectivity index (χ1v) is 7.03. The molecule has 1 aliphatic heterocycles. The Morgan fingerprint density at radius 3 is 3.05 bits per heavy atom. The Bertz CT molecular complexity index is 779. The molecular formula is C15H12N2OS. The van der Waals surface area contributed by atoms with E-state index in [2.05, 4.69) is 17.1 Å². The molecule has 0 atom stereocenters. The molecule has 0 unspecified atom stereocenters. The summed E-state index contributed by atoms with van der Waals surface area (Å²) in [5.41, 5.74) is 10.0. The second kappa shape index (κ2) is 3.96. The summed E-state index contributed by atoms with van der Waals surface area (Å²) < 4.78 is 6.66. The van der Waals surface area contributed by atoms with Crippen molar-refractivity contribution in [1.29, 1.82) is 0 Å². The summed E-state index contributed by atoms with van der Waals surface area (Å²) in [7, 11) is 0. The van der Waals surface area contributed by atoms with Crippen LogP contribution in [0.3, 0.4) is 0 Å². The molecule has 0 bridgehead atoms. The lowest BCUT2D eigenvalue weighted by atomic mass is 10.1.